The number of carboxylic acid groups (broad SMARTS) is 7. The van der Waals surface area contributed by atoms with Gasteiger partial charge in [-0.3, -0.25) is 25.0 Å². The maximum Gasteiger partial charge on any atom is 0.339 e. The number of unbranched alkanes of at least 4 members (excludes halogenated alkanes) is 9. The van der Waals surface area contributed by atoms with Crippen molar-refractivity contribution >= 4 is 53.2 Å². The molecule has 0 aliphatic carbocycles. The molecule has 0 unspecified atom stereocenters. The standard InChI is InChI=1S/C13H26O2.C9H10O2.2C8H7NO5.C8H8O2.2C7H6O3.2CH4/c1-2-3-4-5-6-7-8-9-10-11-12-13(14)15;1-6-3-4-8(9(10)11)5-7(6)2;2*1-4-2-5(8(11)12)7(10)6(3-4)9(13)14;1-6-2-4-7(5-3-6)8(9)10;8-6-3-1-2-5(4-6)7(9)10;8-6-4-2-1-3-5(6)7(9)10;;/h2-12H2,1H3,(H,14,15);3-5H,1-2H3,(H,10,11);2*2-3,10H,1H3,(H,11,12);2-5H,1H3,(H,9,10);2*1-4,8H,(H,9,10);2*1H4. The highest BCUT2D eigenvalue weighted by molar-refractivity contribution is 5.94. The first-order valence-electron chi connectivity index (χ1n) is 25.6. The summed E-state index contributed by atoms with van der Waals surface area (Å²) in [6, 6.07) is 27.8. The maximum atomic E-state index is 10.6. The Kier molecular flexibility index (Phi) is 39.4. The summed E-state index contributed by atoms with van der Waals surface area (Å²) in [5.74, 6) is -9.18. The predicted molar refractivity (Wildman–Crippen MR) is 322 cm³/mol. The summed E-state index contributed by atoms with van der Waals surface area (Å²) >= 11 is 0. The summed E-state index contributed by atoms with van der Waals surface area (Å²) < 4.78 is 0. The zero-order valence-corrected chi connectivity index (χ0v) is 47.1. The molecule has 0 radical (unpaired) electrons. The first kappa shape index (κ1) is 79.8. The van der Waals surface area contributed by atoms with Crippen LogP contribution in [-0.2, 0) is 4.79 Å². The molecular formula is C62H78N2O22. The third-order valence-corrected chi connectivity index (χ3v) is 11.3. The Hall–Kier alpha value is -10.4. The highest BCUT2D eigenvalue weighted by Gasteiger charge is 2.23. The molecule has 0 aromatic heterocycles. The van der Waals surface area contributed by atoms with Gasteiger partial charge in [0.2, 0.25) is 11.5 Å². The van der Waals surface area contributed by atoms with E-state index < -0.39 is 85.6 Å². The van der Waals surface area contributed by atoms with Gasteiger partial charge in [-0.2, -0.15) is 0 Å². The topological polar surface area (TPSA) is 428 Å². The lowest BCUT2D eigenvalue weighted by atomic mass is 10.1. The van der Waals surface area contributed by atoms with Crippen molar-refractivity contribution in [3.8, 4) is 23.0 Å². The molecule has 6 aromatic rings. The fourth-order valence-electron chi connectivity index (χ4n) is 6.75. The van der Waals surface area contributed by atoms with Gasteiger partial charge in [0.25, 0.3) is 0 Å². The van der Waals surface area contributed by atoms with Crippen LogP contribution in [0.5, 0.6) is 23.0 Å². The minimum Gasteiger partial charge on any atom is -0.508 e. The van der Waals surface area contributed by atoms with Gasteiger partial charge in [-0.05, 0) is 130 Å². The molecular weight excluding hydrogens is 1120 g/mol. The molecule has 0 spiro atoms. The van der Waals surface area contributed by atoms with Crippen molar-refractivity contribution in [1.82, 2.24) is 0 Å². The lowest BCUT2D eigenvalue weighted by Gasteiger charge is -2.01. The van der Waals surface area contributed by atoms with Crippen molar-refractivity contribution in [3.63, 3.8) is 0 Å². The third kappa shape index (κ3) is 32.3. The molecule has 0 saturated carbocycles. The molecule has 0 saturated heterocycles. The van der Waals surface area contributed by atoms with E-state index >= 15 is 0 Å². The number of carboxylic acids is 7. The van der Waals surface area contributed by atoms with Crippen LogP contribution in [0.1, 0.15) is 182 Å². The van der Waals surface area contributed by atoms with E-state index in [0.29, 0.717) is 28.7 Å². The van der Waals surface area contributed by atoms with Gasteiger partial charge in [0.05, 0.1) is 26.5 Å². The number of aromatic hydroxyl groups is 4. The van der Waals surface area contributed by atoms with Crippen LogP contribution in [0.2, 0.25) is 0 Å². The number of nitrogens with zero attached hydrogens (tertiary/aromatic N) is 2. The summed E-state index contributed by atoms with van der Waals surface area (Å²) in [6.07, 6.45) is 12.9. The number of hydrogen-bond acceptors (Lipinski definition) is 15. The normalized spacial score (nSPS) is 9.47. The minimum absolute atomic E-state index is 0. The van der Waals surface area contributed by atoms with Crippen LogP contribution in [-0.4, -0.2) is 108 Å². The molecule has 6 aromatic carbocycles. The fourth-order valence-corrected chi connectivity index (χ4v) is 6.75. The highest BCUT2D eigenvalue weighted by Crippen LogP contribution is 2.32. The van der Waals surface area contributed by atoms with E-state index in [4.69, 9.17) is 46.0 Å². The van der Waals surface area contributed by atoms with E-state index in [-0.39, 0.29) is 37.5 Å². The van der Waals surface area contributed by atoms with Crippen molar-refractivity contribution in [1.29, 1.82) is 0 Å². The molecule has 0 atom stereocenters. The zero-order valence-electron chi connectivity index (χ0n) is 47.1. The summed E-state index contributed by atoms with van der Waals surface area (Å²) in [5.41, 5.74) is 2.64. The molecule has 24 nitrogen and oxygen atoms in total. The van der Waals surface area contributed by atoms with Crippen molar-refractivity contribution in [2.75, 3.05) is 0 Å². The first-order chi connectivity index (χ1) is 39.4. The number of carbonyl (C=O) groups is 7. The summed E-state index contributed by atoms with van der Waals surface area (Å²) in [4.78, 5) is 91.8. The lowest BCUT2D eigenvalue weighted by Crippen LogP contribution is -2.00. The van der Waals surface area contributed by atoms with Gasteiger partial charge in [-0.15, -0.1) is 0 Å². The quantitative estimate of drug-likeness (QED) is 0.0204. The average Bonchev–Trinajstić information content (AvgIpc) is 2.97. The van der Waals surface area contributed by atoms with Gasteiger partial charge in [0.1, 0.15) is 28.2 Å². The Balaban J connectivity index is -0.000000936. The van der Waals surface area contributed by atoms with Gasteiger partial charge in [-0.1, -0.05) is 122 Å². The van der Waals surface area contributed by atoms with Crippen molar-refractivity contribution < 1.29 is 99.6 Å². The zero-order chi connectivity index (χ0) is 64.2. The predicted octanol–water partition coefficient (Wildman–Crippen LogP) is 14.1. The Bertz CT molecular complexity index is 3020. The monoisotopic (exact) mass is 1200 g/mol. The smallest absolute Gasteiger partial charge is 0.339 e. The van der Waals surface area contributed by atoms with E-state index in [2.05, 4.69) is 6.92 Å². The van der Waals surface area contributed by atoms with Gasteiger partial charge in [0.15, 0.2) is 0 Å². The number of phenolic OH excluding ortho intramolecular Hbond substituents is 1. The number of benzene rings is 6. The number of aryl methyl sites for hydroxylation is 5. The van der Waals surface area contributed by atoms with Crippen molar-refractivity contribution in [2.24, 2.45) is 0 Å². The van der Waals surface area contributed by atoms with Crippen LogP contribution >= 0.6 is 0 Å². The van der Waals surface area contributed by atoms with E-state index in [0.717, 1.165) is 41.7 Å². The molecule has 468 valence electrons. The Labute approximate surface area is 497 Å². The number of aliphatic carboxylic acids is 1. The van der Waals surface area contributed by atoms with Gasteiger partial charge >= 0.3 is 53.2 Å². The molecule has 6 rings (SSSR count). The van der Waals surface area contributed by atoms with Crippen LogP contribution in [0, 0.1) is 54.8 Å². The van der Waals surface area contributed by atoms with E-state index in [1.165, 1.54) is 114 Å². The van der Waals surface area contributed by atoms with Crippen LogP contribution in [0.3, 0.4) is 0 Å². The molecule has 0 heterocycles. The summed E-state index contributed by atoms with van der Waals surface area (Å²) in [5, 5.41) is 117. The molecule has 0 aliphatic heterocycles. The van der Waals surface area contributed by atoms with Crippen LogP contribution in [0.25, 0.3) is 0 Å². The Morgan fingerprint density at radius 1 is 0.395 bits per heavy atom. The molecule has 0 bridgehead atoms. The van der Waals surface area contributed by atoms with E-state index in [1.54, 1.807) is 48.5 Å². The number of rotatable bonds is 19. The summed E-state index contributed by atoms with van der Waals surface area (Å²) in [6.45, 7) is 11.1. The van der Waals surface area contributed by atoms with Gasteiger partial charge < -0.3 is 56.2 Å². The van der Waals surface area contributed by atoms with Gasteiger partial charge in [0, 0.05) is 18.6 Å². The number of para-hydroxylation sites is 1. The average molecular weight is 1200 g/mol. The SMILES string of the molecule is C.C.CCCCCCCCCCCCC(=O)O.Cc1cc(C(=O)O)c(O)c([N+](=O)[O-])c1.Cc1cc(C(=O)O)c(O)c([N+](=O)[O-])c1.Cc1ccc(C(=O)O)cc1.Cc1ccc(C(=O)O)cc1C.O=C(O)c1cccc(O)c1.O=C(O)c1ccccc1O. The molecule has 0 amide bonds. The van der Waals surface area contributed by atoms with Crippen LogP contribution < -0.4 is 0 Å². The lowest BCUT2D eigenvalue weighted by molar-refractivity contribution is -0.386. The number of aromatic carboxylic acids is 6. The Morgan fingerprint density at radius 3 is 1.13 bits per heavy atom. The Morgan fingerprint density at radius 2 is 0.791 bits per heavy atom. The first-order valence-corrected chi connectivity index (χ1v) is 25.6. The number of nitro benzene ring substituents is 2. The van der Waals surface area contributed by atoms with Crippen LogP contribution in [0.4, 0.5) is 11.4 Å². The minimum atomic E-state index is -1.39. The van der Waals surface area contributed by atoms with Crippen molar-refractivity contribution in [3.05, 3.63) is 197 Å². The molecule has 24 heteroatoms. The second-order valence-electron chi connectivity index (χ2n) is 18.3. The van der Waals surface area contributed by atoms with Crippen molar-refractivity contribution in [2.45, 2.75) is 127 Å². The van der Waals surface area contributed by atoms with E-state index in [1.807, 2.05) is 26.8 Å². The molecule has 0 aliphatic rings. The fraction of sp³-hybridized carbons (Fsp3) is 0.306. The second kappa shape index (κ2) is 42.4. The van der Waals surface area contributed by atoms with Gasteiger partial charge in [-0.25, -0.2) is 28.8 Å². The summed E-state index contributed by atoms with van der Waals surface area (Å²) in [7, 11) is 0. The number of nitro groups is 2. The largest absolute Gasteiger partial charge is 0.508 e. The number of hydrogen-bond donors (Lipinski definition) is 11. The number of phenols is 4. The molecule has 11 N–H and O–H groups in total. The van der Waals surface area contributed by atoms with Crippen LogP contribution in [0.15, 0.2) is 115 Å². The third-order valence-electron chi connectivity index (χ3n) is 11.3. The molecule has 86 heavy (non-hydrogen) atoms. The maximum absolute atomic E-state index is 10.6. The van der Waals surface area contributed by atoms with E-state index in [9.17, 15) is 64.0 Å². The molecule has 0 fully saturated rings. The highest BCUT2D eigenvalue weighted by atomic mass is 16.6. The second-order valence-corrected chi connectivity index (χ2v) is 18.3.